The van der Waals surface area contributed by atoms with Gasteiger partial charge in [0.15, 0.2) is 0 Å². The third kappa shape index (κ3) is 3.47. The number of carbonyl (C=O) groups excluding carboxylic acids is 1. The molecular formula is C15H23N3O. The molecule has 4 heteroatoms. The Hall–Kier alpha value is -1.55. The molecule has 0 bridgehead atoms. The van der Waals surface area contributed by atoms with Gasteiger partial charge in [-0.1, -0.05) is 6.92 Å². The number of nitrogens with one attached hydrogen (secondary N) is 2. The number of aryl methyl sites for hydroxylation is 1. The lowest BCUT2D eigenvalue weighted by molar-refractivity contribution is 0.1000. The van der Waals surface area contributed by atoms with E-state index in [1.54, 1.807) is 6.07 Å². The first-order valence-corrected chi connectivity index (χ1v) is 6.85. The Bertz CT molecular complexity index is 464. The summed E-state index contributed by atoms with van der Waals surface area (Å²) in [4.78, 5) is 11.2. The fourth-order valence-electron chi connectivity index (χ4n) is 2.64. The van der Waals surface area contributed by atoms with Gasteiger partial charge >= 0.3 is 0 Å². The average Bonchev–Trinajstić information content (AvgIpc) is 2.37. The Morgan fingerprint density at radius 2 is 2.32 bits per heavy atom. The molecule has 4 N–H and O–H groups in total. The topological polar surface area (TPSA) is 67.2 Å². The smallest absolute Gasteiger partial charge is 0.248 e. The van der Waals surface area contributed by atoms with Crippen molar-refractivity contribution in [2.45, 2.75) is 26.7 Å². The number of amides is 1. The quantitative estimate of drug-likeness (QED) is 0.775. The van der Waals surface area contributed by atoms with E-state index in [-0.39, 0.29) is 5.91 Å². The number of nitrogens with two attached hydrogens (primary N) is 1. The summed E-state index contributed by atoms with van der Waals surface area (Å²) >= 11 is 0. The second-order valence-corrected chi connectivity index (χ2v) is 5.84. The molecule has 2 rings (SSSR count). The number of rotatable bonds is 4. The molecule has 1 fully saturated rings. The van der Waals surface area contributed by atoms with Gasteiger partial charge in [0.25, 0.3) is 0 Å². The van der Waals surface area contributed by atoms with Crippen molar-refractivity contribution < 1.29 is 4.79 Å². The van der Waals surface area contributed by atoms with Crippen molar-refractivity contribution >= 4 is 11.6 Å². The van der Waals surface area contributed by atoms with E-state index >= 15 is 0 Å². The highest BCUT2D eigenvalue weighted by Crippen LogP contribution is 2.26. The maximum Gasteiger partial charge on any atom is 0.248 e. The Balaban J connectivity index is 2.00. The van der Waals surface area contributed by atoms with E-state index in [9.17, 15) is 4.79 Å². The molecular weight excluding hydrogens is 238 g/mol. The zero-order valence-corrected chi connectivity index (χ0v) is 11.8. The first-order chi connectivity index (χ1) is 9.00. The first kappa shape index (κ1) is 13.9. The van der Waals surface area contributed by atoms with Crippen molar-refractivity contribution in [2.75, 3.05) is 25.0 Å². The van der Waals surface area contributed by atoms with Gasteiger partial charge in [-0.05, 0) is 55.5 Å². The number of carbonyl (C=O) groups is 1. The summed E-state index contributed by atoms with van der Waals surface area (Å²) < 4.78 is 0. The SMILES string of the molecule is Cc1cc(NCC2(C)CCCNC2)ccc1C(N)=O. The fraction of sp³-hybridized carbons (Fsp3) is 0.533. The molecule has 19 heavy (non-hydrogen) atoms. The van der Waals surface area contributed by atoms with Crippen LogP contribution in [0.5, 0.6) is 0 Å². The van der Waals surface area contributed by atoms with Crippen molar-refractivity contribution in [3.8, 4) is 0 Å². The molecule has 104 valence electrons. The third-order valence-corrected chi connectivity index (χ3v) is 3.90. The van der Waals surface area contributed by atoms with Crippen LogP contribution in [-0.2, 0) is 0 Å². The zero-order valence-electron chi connectivity index (χ0n) is 11.8. The van der Waals surface area contributed by atoms with Crippen molar-refractivity contribution in [1.82, 2.24) is 5.32 Å². The van der Waals surface area contributed by atoms with Gasteiger partial charge in [-0.3, -0.25) is 4.79 Å². The van der Waals surface area contributed by atoms with Gasteiger partial charge in [0.2, 0.25) is 5.91 Å². The minimum absolute atomic E-state index is 0.300. The second-order valence-electron chi connectivity index (χ2n) is 5.84. The number of piperidine rings is 1. The summed E-state index contributed by atoms with van der Waals surface area (Å²) in [6.45, 7) is 7.33. The van der Waals surface area contributed by atoms with Crippen molar-refractivity contribution in [2.24, 2.45) is 11.1 Å². The van der Waals surface area contributed by atoms with Crippen LogP contribution in [0.25, 0.3) is 0 Å². The van der Waals surface area contributed by atoms with Crippen LogP contribution in [0.15, 0.2) is 18.2 Å². The molecule has 4 nitrogen and oxygen atoms in total. The highest BCUT2D eigenvalue weighted by molar-refractivity contribution is 5.94. The van der Waals surface area contributed by atoms with Gasteiger partial charge in [-0.25, -0.2) is 0 Å². The average molecular weight is 261 g/mol. The van der Waals surface area contributed by atoms with Crippen molar-refractivity contribution in [3.05, 3.63) is 29.3 Å². The van der Waals surface area contributed by atoms with E-state index in [4.69, 9.17) is 5.73 Å². The Morgan fingerprint density at radius 1 is 1.53 bits per heavy atom. The maximum absolute atomic E-state index is 11.2. The monoisotopic (exact) mass is 261 g/mol. The van der Waals surface area contributed by atoms with E-state index in [2.05, 4.69) is 17.6 Å². The summed E-state index contributed by atoms with van der Waals surface area (Å²) in [5, 5.41) is 6.92. The van der Waals surface area contributed by atoms with Gasteiger partial charge in [-0.15, -0.1) is 0 Å². The lowest BCUT2D eigenvalue weighted by Gasteiger charge is -2.34. The van der Waals surface area contributed by atoms with Crippen LogP contribution in [0.1, 0.15) is 35.7 Å². The standard InChI is InChI=1S/C15H23N3O/c1-11-8-12(4-5-13(11)14(16)19)18-10-15(2)6-3-7-17-9-15/h4-5,8,17-18H,3,6-7,9-10H2,1-2H3,(H2,16,19). The van der Waals surface area contributed by atoms with E-state index in [1.807, 2.05) is 19.1 Å². The van der Waals surface area contributed by atoms with Gasteiger partial charge in [0, 0.05) is 24.3 Å². The summed E-state index contributed by atoms with van der Waals surface area (Å²) in [6.07, 6.45) is 2.48. The Kier molecular flexibility index (Phi) is 4.10. The van der Waals surface area contributed by atoms with Crippen LogP contribution in [0, 0.1) is 12.3 Å². The molecule has 0 radical (unpaired) electrons. The number of hydrogen-bond donors (Lipinski definition) is 3. The minimum atomic E-state index is -0.368. The number of benzene rings is 1. The van der Waals surface area contributed by atoms with Gasteiger partial charge in [0.05, 0.1) is 0 Å². The van der Waals surface area contributed by atoms with Crippen molar-refractivity contribution in [3.63, 3.8) is 0 Å². The summed E-state index contributed by atoms with van der Waals surface area (Å²) in [5.74, 6) is -0.368. The van der Waals surface area contributed by atoms with Gasteiger partial charge in [-0.2, -0.15) is 0 Å². The first-order valence-electron chi connectivity index (χ1n) is 6.85. The van der Waals surface area contributed by atoms with Gasteiger partial charge in [0.1, 0.15) is 0 Å². The predicted molar refractivity (Wildman–Crippen MR) is 78.4 cm³/mol. The van der Waals surface area contributed by atoms with E-state index in [0.29, 0.717) is 11.0 Å². The molecule has 1 aliphatic rings. The third-order valence-electron chi connectivity index (χ3n) is 3.90. The molecule has 0 saturated carbocycles. The highest BCUT2D eigenvalue weighted by atomic mass is 16.1. The zero-order chi connectivity index (χ0) is 13.9. The highest BCUT2D eigenvalue weighted by Gasteiger charge is 2.26. The molecule has 1 unspecified atom stereocenters. The molecule has 0 spiro atoms. The van der Waals surface area contributed by atoms with E-state index in [1.165, 1.54) is 12.8 Å². The maximum atomic E-state index is 11.2. The van der Waals surface area contributed by atoms with Crippen LogP contribution in [0.2, 0.25) is 0 Å². The van der Waals surface area contributed by atoms with E-state index in [0.717, 1.165) is 30.9 Å². The van der Waals surface area contributed by atoms with Crippen LogP contribution < -0.4 is 16.4 Å². The van der Waals surface area contributed by atoms with Crippen LogP contribution in [-0.4, -0.2) is 25.5 Å². The molecule has 0 aromatic heterocycles. The van der Waals surface area contributed by atoms with E-state index < -0.39 is 0 Å². The summed E-state index contributed by atoms with van der Waals surface area (Å²) in [5.41, 5.74) is 8.17. The molecule has 1 saturated heterocycles. The Labute approximate surface area is 114 Å². The molecule has 1 aliphatic heterocycles. The minimum Gasteiger partial charge on any atom is -0.384 e. The number of hydrogen-bond acceptors (Lipinski definition) is 3. The molecule has 1 amide bonds. The molecule has 1 aromatic carbocycles. The lowest BCUT2D eigenvalue weighted by Crippen LogP contribution is -2.42. The molecule has 0 aliphatic carbocycles. The normalized spacial score (nSPS) is 23.1. The van der Waals surface area contributed by atoms with Crippen molar-refractivity contribution in [1.29, 1.82) is 0 Å². The fourth-order valence-corrected chi connectivity index (χ4v) is 2.64. The number of anilines is 1. The molecule has 1 aromatic rings. The molecule has 1 heterocycles. The summed E-state index contributed by atoms with van der Waals surface area (Å²) in [7, 11) is 0. The van der Waals surface area contributed by atoms with Crippen LogP contribution in [0.3, 0.4) is 0 Å². The Morgan fingerprint density at radius 3 is 2.89 bits per heavy atom. The van der Waals surface area contributed by atoms with Crippen LogP contribution in [0.4, 0.5) is 5.69 Å². The summed E-state index contributed by atoms with van der Waals surface area (Å²) in [6, 6.07) is 5.70. The lowest BCUT2D eigenvalue weighted by atomic mass is 9.83. The van der Waals surface area contributed by atoms with Gasteiger partial charge < -0.3 is 16.4 Å². The van der Waals surface area contributed by atoms with Crippen LogP contribution >= 0.6 is 0 Å². The largest absolute Gasteiger partial charge is 0.384 e. The second kappa shape index (κ2) is 5.61. The molecule has 1 atom stereocenters. The predicted octanol–water partition coefficient (Wildman–Crippen LogP) is 1.90. The number of primary amides is 1.